The van der Waals surface area contributed by atoms with Crippen LogP contribution in [0.5, 0.6) is 0 Å². The first-order valence-electron chi connectivity index (χ1n) is 7.87. The average molecular weight is 363 g/mol. The Bertz CT molecular complexity index is 698. The van der Waals surface area contributed by atoms with Gasteiger partial charge in [-0.25, -0.2) is 0 Å². The second-order valence-corrected chi connectivity index (χ2v) is 7.92. The Morgan fingerprint density at radius 1 is 1.45 bits per heavy atom. The van der Waals surface area contributed by atoms with Crippen molar-refractivity contribution in [3.8, 4) is 0 Å². The van der Waals surface area contributed by atoms with E-state index in [-0.39, 0.29) is 17.1 Å². The van der Waals surface area contributed by atoms with Crippen molar-refractivity contribution in [2.45, 2.75) is 44.4 Å². The summed E-state index contributed by atoms with van der Waals surface area (Å²) in [5.41, 5.74) is 2.49. The number of carbonyl (C=O) groups excluding carboxylic acids is 1. The molecule has 1 aromatic rings. The van der Waals surface area contributed by atoms with Gasteiger partial charge in [0.15, 0.2) is 0 Å². The van der Waals surface area contributed by atoms with Crippen molar-refractivity contribution in [2.24, 2.45) is 10.8 Å². The van der Waals surface area contributed by atoms with Gasteiger partial charge in [0.25, 0.3) is 0 Å². The molecule has 2 fully saturated rings. The normalized spacial score (nSPS) is 38.7. The van der Waals surface area contributed by atoms with E-state index in [2.05, 4.69) is 22.0 Å². The van der Waals surface area contributed by atoms with Crippen LogP contribution < -0.4 is 0 Å². The number of carbonyl (C=O) groups is 2. The van der Waals surface area contributed by atoms with E-state index in [4.69, 9.17) is 0 Å². The third kappa shape index (κ3) is 1.52. The van der Waals surface area contributed by atoms with Crippen LogP contribution in [-0.2, 0) is 9.59 Å². The van der Waals surface area contributed by atoms with E-state index >= 15 is 0 Å². The molecule has 4 atom stereocenters. The third-order valence-electron chi connectivity index (χ3n) is 6.45. The van der Waals surface area contributed by atoms with Gasteiger partial charge in [0, 0.05) is 22.6 Å². The topological polar surface area (TPSA) is 54.4 Å². The van der Waals surface area contributed by atoms with E-state index in [0.717, 1.165) is 30.4 Å². The number of halogens is 1. The summed E-state index contributed by atoms with van der Waals surface area (Å²) in [7, 11) is 0. The van der Waals surface area contributed by atoms with E-state index in [9.17, 15) is 14.7 Å². The Kier molecular flexibility index (Phi) is 2.91. The summed E-state index contributed by atoms with van der Waals surface area (Å²) in [5.74, 6) is -0.803. The van der Waals surface area contributed by atoms with Crippen LogP contribution in [0.15, 0.2) is 18.2 Å². The SMILES string of the molecule is Cc1cccc2c1[C@H](C(=O)O)[C@@]13CC(=O)[C@@](CBr)(CC[C@@H]21)C3. The van der Waals surface area contributed by atoms with Gasteiger partial charge >= 0.3 is 5.97 Å². The van der Waals surface area contributed by atoms with Crippen LogP contribution in [-0.4, -0.2) is 22.2 Å². The Hall–Kier alpha value is -1.16. The molecule has 22 heavy (non-hydrogen) atoms. The highest BCUT2D eigenvalue weighted by atomic mass is 79.9. The van der Waals surface area contributed by atoms with E-state index in [1.54, 1.807) is 0 Å². The quantitative estimate of drug-likeness (QED) is 0.814. The molecule has 2 saturated carbocycles. The van der Waals surface area contributed by atoms with E-state index in [0.29, 0.717) is 11.8 Å². The number of carboxylic acid groups (broad SMARTS) is 1. The number of alkyl halides is 1. The monoisotopic (exact) mass is 362 g/mol. The van der Waals surface area contributed by atoms with Crippen LogP contribution in [0, 0.1) is 17.8 Å². The van der Waals surface area contributed by atoms with Crippen molar-refractivity contribution in [3.63, 3.8) is 0 Å². The van der Waals surface area contributed by atoms with Crippen molar-refractivity contribution < 1.29 is 14.7 Å². The molecule has 0 aromatic heterocycles. The molecule has 1 N–H and O–H groups in total. The largest absolute Gasteiger partial charge is 0.481 e. The van der Waals surface area contributed by atoms with Crippen LogP contribution in [0.2, 0.25) is 0 Å². The number of fused-ring (bicyclic) bond motifs is 3. The highest BCUT2D eigenvalue weighted by molar-refractivity contribution is 9.09. The lowest BCUT2D eigenvalue weighted by molar-refractivity contribution is -0.142. The molecule has 3 aliphatic rings. The van der Waals surface area contributed by atoms with Crippen molar-refractivity contribution in [2.75, 3.05) is 5.33 Å². The standard InChI is InChI=1S/C18H19BrO3/c1-10-3-2-4-11-12-5-6-17(9-19)8-18(12,7-13(17)20)15(14(10)11)16(21)22/h2-4,12,15H,5-9H2,1H3,(H,21,22)/t12-,15+,17-,18+/m0/s1. The van der Waals surface area contributed by atoms with Gasteiger partial charge in [-0.1, -0.05) is 34.1 Å². The predicted molar refractivity (Wildman–Crippen MR) is 86.4 cm³/mol. The summed E-state index contributed by atoms with van der Waals surface area (Å²) in [6.45, 7) is 2.00. The van der Waals surface area contributed by atoms with E-state index < -0.39 is 17.3 Å². The first-order valence-corrected chi connectivity index (χ1v) is 8.99. The van der Waals surface area contributed by atoms with Crippen LogP contribution in [0.4, 0.5) is 0 Å². The number of aliphatic carboxylic acids is 1. The minimum atomic E-state index is -0.766. The van der Waals surface area contributed by atoms with E-state index in [1.807, 2.05) is 19.1 Å². The van der Waals surface area contributed by atoms with Gasteiger partial charge in [-0.05, 0) is 48.8 Å². The Morgan fingerprint density at radius 2 is 2.23 bits per heavy atom. The second-order valence-electron chi connectivity index (χ2n) is 7.36. The molecular formula is C18H19BrO3. The highest BCUT2D eigenvalue weighted by Crippen LogP contribution is 2.71. The van der Waals surface area contributed by atoms with Gasteiger partial charge < -0.3 is 5.11 Å². The van der Waals surface area contributed by atoms with Crippen LogP contribution in [0.1, 0.15) is 54.2 Å². The van der Waals surface area contributed by atoms with E-state index in [1.165, 1.54) is 5.56 Å². The summed E-state index contributed by atoms with van der Waals surface area (Å²) >= 11 is 3.53. The van der Waals surface area contributed by atoms with Gasteiger partial charge in [-0.3, -0.25) is 9.59 Å². The van der Waals surface area contributed by atoms with Gasteiger partial charge in [0.05, 0.1) is 5.92 Å². The van der Waals surface area contributed by atoms with Crippen LogP contribution >= 0.6 is 15.9 Å². The number of hydrogen-bond donors (Lipinski definition) is 1. The number of aryl methyl sites for hydroxylation is 1. The number of carboxylic acids is 1. The van der Waals surface area contributed by atoms with Crippen LogP contribution in [0.25, 0.3) is 0 Å². The highest BCUT2D eigenvalue weighted by Gasteiger charge is 2.67. The lowest BCUT2D eigenvalue weighted by atomic mass is 9.61. The maximum atomic E-state index is 12.7. The first kappa shape index (κ1) is 14.4. The zero-order chi connectivity index (χ0) is 15.7. The summed E-state index contributed by atoms with van der Waals surface area (Å²) in [6.07, 6.45) is 2.95. The van der Waals surface area contributed by atoms with Crippen molar-refractivity contribution in [3.05, 3.63) is 34.9 Å². The van der Waals surface area contributed by atoms with Gasteiger partial charge in [0.2, 0.25) is 0 Å². The summed E-state index contributed by atoms with van der Waals surface area (Å²) in [5, 5.41) is 10.6. The Morgan fingerprint density at radius 3 is 2.91 bits per heavy atom. The maximum absolute atomic E-state index is 12.7. The second kappa shape index (κ2) is 4.44. The molecule has 0 heterocycles. The molecule has 4 heteroatoms. The lowest BCUT2D eigenvalue weighted by Gasteiger charge is -2.42. The Labute approximate surface area is 138 Å². The Balaban J connectivity index is 1.95. The number of rotatable bonds is 2. The van der Waals surface area contributed by atoms with Gasteiger partial charge in [-0.2, -0.15) is 0 Å². The predicted octanol–water partition coefficient (Wildman–Crippen LogP) is 3.78. The van der Waals surface area contributed by atoms with Crippen molar-refractivity contribution in [1.29, 1.82) is 0 Å². The molecule has 0 saturated heterocycles. The molecule has 116 valence electrons. The zero-order valence-corrected chi connectivity index (χ0v) is 14.1. The van der Waals surface area contributed by atoms with Crippen molar-refractivity contribution >= 4 is 27.7 Å². The molecule has 3 nitrogen and oxygen atoms in total. The smallest absolute Gasteiger partial charge is 0.311 e. The molecule has 3 aliphatic carbocycles. The van der Waals surface area contributed by atoms with Crippen LogP contribution in [0.3, 0.4) is 0 Å². The fourth-order valence-electron chi connectivity index (χ4n) is 5.58. The molecule has 2 bridgehead atoms. The molecule has 0 aliphatic heterocycles. The summed E-state index contributed by atoms with van der Waals surface area (Å²) in [6, 6.07) is 6.11. The fraction of sp³-hybridized carbons (Fsp3) is 0.556. The number of benzene rings is 1. The molecular weight excluding hydrogens is 344 g/mol. The maximum Gasteiger partial charge on any atom is 0.311 e. The van der Waals surface area contributed by atoms with Gasteiger partial charge in [-0.15, -0.1) is 0 Å². The average Bonchev–Trinajstić information content (AvgIpc) is 2.89. The fourth-order valence-corrected chi connectivity index (χ4v) is 6.37. The van der Waals surface area contributed by atoms with Gasteiger partial charge in [0.1, 0.15) is 5.78 Å². The number of hydrogen-bond acceptors (Lipinski definition) is 2. The summed E-state index contributed by atoms with van der Waals surface area (Å²) in [4.78, 5) is 24.9. The molecule has 4 rings (SSSR count). The minimum absolute atomic E-state index is 0.224. The first-order chi connectivity index (χ1) is 10.4. The van der Waals surface area contributed by atoms with Crippen molar-refractivity contribution in [1.82, 2.24) is 0 Å². The molecule has 1 aromatic carbocycles. The molecule has 0 amide bonds. The third-order valence-corrected chi connectivity index (χ3v) is 7.53. The zero-order valence-electron chi connectivity index (χ0n) is 12.6. The molecule has 0 radical (unpaired) electrons. The number of Topliss-reactive ketones (excluding diaryl/α,β-unsaturated/α-hetero) is 1. The molecule has 0 unspecified atom stereocenters. The number of ketones is 1. The minimum Gasteiger partial charge on any atom is -0.481 e. The molecule has 1 spiro atoms. The summed E-state index contributed by atoms with van der Waals surface area (Å²) < 4.78 is 0. The lowest BCUT2D eigenvalue weighted by Crippen LogP contribution is -2.38.